The van der Waals surface area contributed by atoms with E-state index in [-0.39, 0.29) is 20.1 Å². The molecule has 2 heterocycles. The maximum absolute atomic E-state index is 12.4. The quantitative estimate of drug-likeness (QED) is 0.683. The minimum absolute atomic E-state index is 0. The van der Waals surface area contributed by atoms with Gasteiger partial charge in [-0.25, -0.2) is 13.4 Å². The third-order valence-electron chi connectivity index (χ3n) is 5.09. The summed E-state index contributed by atoms with van der Waals surface area (Å²) in [6.07, 6.45) is 2.20. The van der Waals surface area contributed by atoms with E-state index >= 15 is 0 Å². The number of thiazole rings is 1. The molecular weight excluding hydrogens is 412 g/mol. The van der Waals surface area contributed by atoms with Crippen LogP contribution in [0.5, 0.6) is 0 Å². The molecular formula is C19H30N4O4S2. The molecule has 0 radical (unpaired) electrons. The molecule has 2 aromatic rings. The van der Waals surface area contributed by atoms with Gasteiger partial charge >= 0.3 is 0 Å². The number of nitrogens with one attached hydrogen (secondary N) is 1. The molecule has 1 aromatic carbocycles. The number of amides is 1. The highest BCUT2D eigenvalue weighted by atomic mass is 32.2. The highest BCUT2D eigenvalue weighted by Crippen LogP contribution is 2.23. The van der Waals surface area contributed by atoms with Crippen LogP contribution in [-0.2, 0) is 14.8 Å². The first-order chi connectivity index (χ1) is 13.7. The lowest BCUT2D eigenvalue weighted by molar-refractivity contribution is -0.136. The van der Waals surface area contributed by atoms with Gasteiger partial charge in [-0.1, -0.05) is 6.92 Å². The van der Waals surface area contributed by atoms with E-state index in [0.717, 1.165) is 5.69 Å². The molecule has 1 aliphatic heterocycles. The molecule has 8 nitrogen and oxygen atoms in total. The summed E-state index contributed by atoms with van der Waals surface area (Å²) in [6, 6.07) is 6.69. The standard InChI is InChI=1S/C19H26N4O4S2.2H2/c1-3-19(2,25)14-17(24)23-11-9-22(10-12-23)15-4-6-16(7-5-15)29(26,27)21-18-20-8-13-28-18;;/h4-8,13,25H,3,9-12,14H2,1-2H3,(H,20,21);2*1H. The first kappa shape index (κ1) is 21.5. The van der Waals surface area contributed by atoms with Gasteiger partial charge in [0.15, 0.2) is 5.13 Å². The molecule has 1 aliphatic rings. The van der Waals surface area contributed by atoms with Crippen LogP contribution in [-0.4, -0.2) is 61.1 Å². The van der Waals surface area contributed by atoms with Crippen molar-refractivity contribution in [3.05, 3.63) is 35.8 Å². The minimum atomic E-state index is -3.67. The van der Waals surface area contributed by atoms with E-state index in [1.165, 1.54) is 11.3 Å². The topological polar surface area (TPSA) is 103 Å². The molecule has 1 aromatic heterocycles. The van der Waals surface area contributed by atoms with E-state index in [1.807, 2.05) is 6.92 Å². The Bertz CT molecular complexity index is 930. The number of carbonyl (C=O) groups excluding carboxylic acids is 1. The summed E-state index contributed by atoms with van der Waals surface area (Å²) in [7, 11) is -3.67. The second-order valence-corrected chi connectivity index (χ2v) is 9.91. The molecule has 10 heteroatoms. The van der Waals surface area contributed by atoms with Gasteiger partial charge in [0.1, 0.15) is 0 Å². The third kappa shape index (κ3) is 5.46. The van der Waals surface area contributed by atoms with Crippen LogP contribution in [0.3, 0.4) is 0 Å². The fraction of sp³-hybridized carbons (Fsp3) is 0.474. The van der Waals surface area contributed by atoms with E-state index < -0.39 is 15.6 Å². The van der Waals surface area contributed by atoms with E-state index in [2.05, 4.69) is 14.6 Å². The van der Waals surface area contributed by atoms with Crippen LogP contribution in [0.15, 0.2) is 40.7 Å². The lowest BCUT2D eigenvalue weighted by Gasteiger charge is -2.37. The molecule has 2 N–H and O–H groups in total. The largest absolute Gasteiger partial charge is 0.390 e. The monoisotopic (exact) mass is 442 g/mol. The van der Waals surface area contributed by atoms with Crippen molar-refractivity contribution in [2.75, 3.05) is 35.8 Å². The van der Waals surface area contributed by atoms with Gasteiger partial charge in [0, 0.05) is 46.3 Å². The van der Waals surface area contributed by atoms with Gasteiger partial charge in [-0.2, -0.15) is 0 Å². The average Bonchev–Trinajstić information content (AvgIpc) is 3.20. The number of rotatable bonds is 7. The Kier molecular flexibility index (Phi) is 6.45. The zero-order chi connectivity index (χ0) is 21.1. The van der Waals surface area contributed by atoms with Crippen molar-refractivity contribution in [2.24, 2.45) is 0 Å². The minimum Gasteiger partial charge on any atom is -0.390 e. The van der Waals surface area contributed by atoms with E-state index in [4.69, 9.17) is 0 Å². The molecule has 0 aliphatic carbocycles. The van der Waals surface area contributed by atoms with Gasteiger partial charge in [-0.3, -0.25) is 9.52 Å². The summed E-state index contributed by atoms with van der Waals surface area (Å²) in [5.41, 5.74) is -0.0618. The van der Waals surface area contributed by atoms with Crippen molar-refractivity contribution in [3.8, 4) is 0 Å². The lowest BCUT2D eigenvalue weighted by atomic mass is 9.98. The highest BCUT2D eigenvalue weighted by Gasteiger charge is 2.28. The van der Waals surface area contributed by atoms with E-state index in [1.54, 1.807) is 47.7 Å². The first-order valence-electron chi connectivity index (χ1n) is 9.48. The molecule has 0 spiro atoms. The summed E-state index contributed by atoms with van der Waals surface area (Å²) < 4.78 is 27.3. The number of benzene rings is 1. The predicted molar refractivity (Wildman–Crippen MR) is 118 cm³/mol. The summed E-state index contributed by atoms with van der Waals surface area (Å²) in [6.45, 7) is 6.00. The van der Waals surface area contributed by atoms with Gasteiger partial charge < -0.3 is 14.9 Å². The van der Waals surface area contributed by atoms with Crippen LogP contribution in [0.1, 0.15) is 29.5 Å². The molecule has 29 heavy (non-hydrogen) atoms. The molecule has 1 fully saturated rings. The number of aromatic nitrogens is 1. The van der Waals surface area contributed by atoms with Crippen molar-refractivity contribution in [2.45, 2.75) is 37.2 Å². The molecule has 0 bridgehead atoms. The van der Waals surface area contributed by atoms with Crippen molar-refractivity contribution in [1.29, 1.82) is 0 Å². The Morgan fingerprint density at radius 2 is 1.93 bits per heavy atom. The van der Waals surface area contributed by atoms with Gasteiger partial charge in [0.2, 0.25) is 5.91 Å². The fourth-order valence-corrected chi connectivity index (χ4v) is 4.85. The normalized spacial score (nSPS) is 17.1. The molecule has 1 atom stereocenters. The molecule has 1 unspecified atom stereocenters. The SMILES string of the molecule is CCC(C)(O)CC(=O)N1CCN(c2ccc(S(=O)(=O)Nc3nccs3)cc2)CC1.[HH].[HH]. The molecule has 0 saturated carbocycles. The zero-order valence-corrected chi connectivity index (χ0v) is 18.2. The van der Waals surface area contributed by atoms with Crippen LogP contribution < -0.4 is 9.62 Å². The number of carbonyl (C=O) groups is 1. The Hall–Kier alpha value is -2.17. The first-order valence-corrected chi connectivity index (χ1v) is 11.8. The number of aliphatic hydroxyl groups is 1. The van der Waals surface area contributed by atoms with Crippen molar-refractivity contribution in [3.63, 3.8) is 0 Å². The summed E-state index contributed by atoms with van der Waals surface area (Å²) in [5, 5.41) is 12.1. The summed E-state index contributed by atoms with van der Waals surface area (Å²) in [5.74, 6) is -0.0359. The lowest BCUT2D eigenvalue weighted by Crippen LogP contribution is -2.50. The average molecular weight is 443 g/mol. The van der Waals surface area contributed by atoms with Crippen molar-refractivity contribution >= 4 is 38.1 Å². The fourth-order valence-electron chi connectivity index (χ4n) is 3.06. The van der Waals surface area contributed by atoms with Gasteiger partial charge in [0.25, 0.3) is 10.0 Å². The van der Waals surface area contributed by atoms with Crippen LogP contribution in [0, 0.1) is 0 Å². The number of anilines is 2. The second-order valence-electron chi connectivity index (χ2n) is 7.33. The zero-order valence-electron chi connectivity index (χ0n) is 16.5. The van der Waals surface area contributed by atoms with E-state index in [0.29, 0.717) is 37.7 Å². The Morgan fingerprint density at radius 3 is 2.48 bits per heavy atom. The number of sulfonamides is 1. The molecule has 1 saturated heterocycles. The number of nitrogens with zero attached hydrogens (tertiary/aromatic N) is 3. The molecule has 1 amide bonds. The van der Waals surface area contributed by atoms with Gasteiger partial charge in [-0.15, -0.1) is 11.3 Å². The maximum Gasteiger partial charge on any atom is 0.263 e. The summed E-state index contributed by atoms with van der Waals surface area (Å²) in [4.78, 5) is 20.4. The smallest absolute Gasteiger partial charge is 0.263 e. The van der Waals surface area contributed by atoms with Crippen molar-refractivity contribution < 1.29 is 21.2 Å². The number of hydrogen-bond acceptors (Lipinski definition) is 7. The maximum atomic E-state index is 12.4. The van der Waals surface area contributed by atoms with Crippen LogP contribution in [0.4, 0.5) is 10.8 Å². The Morgan fingerprint density at radius 1 is 1.28 bits per heavy atom. The van der Waals surface area contributed by atoms with Crippen molar-refractivity contribution in [1.82, 2.24) is 9.88 Å². The predicted octanol–water partition coefficient (Wildman–Crippen LogP) is 2.64. The van der Waals surface area contributed by atoms with Crippen LogP contribution >= 0.6 is 11.3 Å². The van der Waals surface area contributed by atoms with Crippen LogP contribution in [0.2, 0.25) is 0 Å². The second kappa shape index (κ2) is 8.68. The van der Waals surface area contributed by atoms with Gasteiger partial charge in [0.05, 0.1) is 16.9 Å². The third-order valence-corrected chi connectivity index (χ3v) is 7.26. The highest BCUT2D eigenvalue weighted by molar-refractivity contribution is 7.93. The van der Waals surface area contributed by atoms with Crippen LogP contribution in [0.25, 0.3) is 0 Å². The molecule has 162 valence electrons. The summed E-state index contributed by atoms with van der Waals surface area (Å²) >= 11 is 1.22. The number of hydrogen-bond donors (Lipinski definition) is 2. The Balaban J connectivity index is 0.00000240. The van der Waals surface area contributed by atoms with Gasteiger partial charge in [-0.05, 0) is 37.6 Å². The van der Waals surface area contributed by atoms with E-state index in [9.17, 15) is 18.3 Å². The number of piperazine rings is 1. The molecule has 3 rings (SSSR count). The Labute approximate surface area is 178 Å².